The predicted octanol–water partition coefficient (Wildman–Crippen LogP) is 5.20. The van der Waals surface area contributed by atoms with E-state index >= 15 is 0 Å². The minimum Gasteiger partial charge on any atom is -0.497 e. The number of carbonyl (C=O) groups excluding carboxylic acids is 2. The van der Waals surface area contributed by atoms with Crippen LogP contribution in [0.5, 0.6) is 5.75 Å². The van der Waals surface area contributed by atoms with Crippen molar-refractivity contribution in [2.45, 2.75) is 44.7 Å². The number of hydrogen-bond donors (Lipinski definition) is 1. The number of methoxy groups -OCH3 is 1. The number of sulfonamides is 1. The van der Waals surface area contributed by atoms with E-state index in [4.69, 9.17) is 4.74 Å². The van der Waals surface area contributed by atoms with E-state index in [0.29, 0.717) is 11.4 Å². The summed E-state index contributed by atoms with van der Waals surface area (Å²) in [4.78, 5) is 29.4. The highest BCUT2D eigenvalue weighted by Crippen LogP contribution is 2.27. The first kappa shape index (κ1) is 32.3. The Hall–Kier alpha value is -4.63. The largest absolute Gasteiger partial charge is 0.497 e. The zero-order valence-corrected chi connectivity index (χ0v) is 26.6. The molecule has 4 aromatic carbocycles. The second-order valence-electron chi connectivity index (χ2n) is 10.8. The number of rotatable bonds is 12. The monoisotopic (exact) mass is 613 g/mol. The smallest absolute Gasteiger partial charge is 0.264 e. The first-order chi connectivity index (χ1) is 21.0. The Bertz CT molecular complexity index is 1710. The Morgan fingerprint density at radius 3 is 2.14 bits per heavy atom. The quantitative estimate of drug-likeness (QED) is 0.237. The Kier molecular flexibility index (Phi) is 10.4. The molecule has 2 amide bonds. The van der Waals surface area contributed by atoms with Gasteiger partial charge in [-0.25, -0.2) is 8.42 Å². The fourth-order valence-corrected chi connectivity index (χ4v) is 6.34. The second-order valence-corrected chi connectivity index (χ2v) is 12.6. The maximum Gasteiger partial charge on any atom is 0.264 e. The molecule has 230 valence electrons. The molecule has 4 aromatic rings. The molecule has 4 rings (SSSR count). The van der Waals surface area contributed by atoms with Gasteiger partial charge >= 0.3 is 0 Å². The van der Waals surface area contributed by atoms with Crippen LogP contribution < -0.4 is 14.4 Å². The minimum absolute atomic E-state index is 0.0618. The van der Waals surface area contributed by atoms with E-state index < -0.39 is 28.5 Å². The number of likely N-dealkylation sites (N-methyl/N-ethyl adjacent to an activating group) is 1. The summed E-state index contributed by atoms with van der Waals surface area (Å²) in [6, 6.07) is 27.6. The summed E-state index contributed by atoms with van der Waals surface area (Å²) < 4.78 is 34.8. The number of nitrogens with zero attached hydrogens (tertiary/aromatic N) is 2. The van der Waals surface area contributed by atoms with Crippen molar-refractivity contribution in [1.29, 1.82) is 0 Å². The lowest BCUT2D eigenvalue weighted by molar-refractivity contribution is -0.139. The van der Waals surface area contributed by atoms with E-state index in [-0.39, 0.29) is 23.8 Å². The molecular weight excluding hydrogens is 574 g/mol. The standard InChI is InChI=1S/C35H39N3O5S/c1-25-14-18-32(19-15-25)44(41,42)38(30-17-16-26(2)27(3)20-30)24-34(39)37(23-29-12-9-13-31(21-29)43-5)33(35(40)36-4)22-28-10-7-6-8-11-28/h6-21,33H,22-24H2,1-5H3,(H,36,40)/t33-/m1/s1. The summed E-state index contributed by atoms with van der Waals surface area (Å²) in [5.74, 6) is -0.274. The number of benzene rings is 4. The van der Waals surface area contributed by atoms with Gasteiger partial charge in [0.2, 0.25) is 11.8 Å². The predicted molar refractivity (Wildman–Crippen MR) is 173 cm³/mol. The van der Waals surface area contributed by atoms with Gasteiger partial charge in [0.15, 0.2) is 0 Å². The summed E-state index contributed by atoms with van der Waals surface area (Å²) in [7, 11) is -1.07. The summed E-state index contributed by atoms with van der Waals surface area (Å²) in [5, 5.41) is 2.70. The fraction of sp³-hybridized carbons (Fsp3) is 0.257. The third-order valence-electron chi connectivity index (χ3n) is 7.67. The van der Waals surface area contributed by atoms with E-state index in [1.807, 2.05) is 69.3 Å². The maximum atomic E-state index is 14.4. The molecule has 8 nitrogen and oxygen atoms in total. The molecule has 0 bridgehead atoms. The summed E-state index contributed by atoms with van der Waals surface area (Å²) in [5.41, 5.74) is 4.76. The van der Waals surface area contributed by atoms with Crippen LogP contribution in [-0.2, 0) is 32.6 Å². The van der Waals surface area contributed by atoms with E-state index in [2.05, 4.69) is 5.32 Å². The van der Waals surface area contributed by atoms with E-state index in [9.17, 15) is 18.0 Å². The Morgan fingerprint density at radius 1 is 0.818 bits per heavy atom. The van der Waals surface area contributed by atoms with Gasteiger partial charge < -0.3 is 15.0 Å². The van der Waals surface area contributed by atoms with Crippen molar-refractivity contribution in [2.75, 3.05) is 25.0 Å². The maximum absolute atomic E-state index is 14.4. The van der Waals surface area contributed by atoms with Crippen LogP contribution in [0.2, 0.25) is 0 Å². The molecule has 0 aliphatic heterocycles. The van der Waals surface area contributed by atoms with Crippen LogP contribution in [0.3, 0.4) is 0 Å². The number of amides is 2. The first-order valence-corrected chi connectivity index (χ1v) is 15.8. The molecular formula is C35H39N3O5S. The summed E-state index contributed by atoms with van der Waals surface area (Å²) in [6.07, 6.45) is 0.241. The van der Waals surface area contributed by atoms with Crippen molar-refractivity contribution < 1.29 is 22.7 Å². The van der Waals surface area contributed by atoms with Crippen LogP contribution in [0.15, 0.2) is 102 Å². The van der Waals surface area contributed by atoms with Gasteiger partial charge in [0.05, 0.1) is 17.7 Å². The topological polar surface area (TPSA) is 96.0 Å². The van der Waals surface area contributed by atoms with Gasteiger partial charge in [-0.15, -0.1) is 0 Å². The first-order valence-electron chi connectivity index (χ1n) is 14.4. The number of nitrogens with one attached hydrogen (secondary N) is 1. The average molecular weight is 614 g/mol. The van der Waals surface area contributed by atoms with Crippen LogP contribution >= 0.6 is 0 Å². The van der Waals surface area contributed by atoms with Crippen LogP contribution in [0.4, 0.5) is 5.69 Å². The number of ether oxygens (including phenoxy) is 1. The molecule has 0 aliphatic rings. The molecule has 44 heavy (non-hydrogen) atoms. The zero-order chi connectivity index (χ0) is 31.9. The normalized spacial score (nSPS) is 11.8. The summed E-state index contributed by atoms with van der Waals surface area (Å²) >= 11 is 0. The van der Waals surface area contributed by atoms with E-state index in [1.165, 1.54) is 11.9 Å². The highest BCUT2D eigenvalue weighted by Gasteiger charge is 2.34. The van der Waals surface area contributed by atoms with Gasteiger partial charge in [0.1, 0.15) is 18.3 Å². The molecule has 0 fully saturated rings. The van der Waals surface area contributed by atoms with Crippen molar-refractivity contribution in [3.63, 3.8) is 0 Å². The van der Waals surface area contributed by atoms with Crippen molar-refractivity contribution in [1.82, 2.24) is 10.2 Å². The molecule has 0 heterocycles. The molecule has 0 saturated carbocycles. The van der Waals surface area contributed by atoms with Gasteiger partial charge in [-0.3, -0.25) is 13.9 Å². The molecule has 1 N–H and O–H groups in total. The van der Waals surface area contributed by atoms with Crippen molar-refractivity contribution in [3.8, 4) is 5.75 Å². The number of anilines is 1. The second kappa shape index (κ2) is 14.2. The van der Waals surface area contributed by atoms with Crippen molar-refractivity contribution in [2.24, 2.45) is 0 Å². The van der Waals surface area contributed by atoms with Crippen molar-refractivity contribution >= 4 is 27.5 Å². The average Bonchev–Trinajstić information content (AvgIpc) is 3.03. The van der Waals surface area contributed by atoms with Gasteiger partial charge in [-0.05, 0) is 79.4 Å². The zero-order valence-electron chi connectivity index (χ0n) is 25.8. The molecule has 0 saturated heterocycles. The van der Waals surface area contributed by atoms with Gasteiger partial charge in [-0.2, -0.15) is 0 Å². The van der Waals surface area contributed by atoms with Gasteiger partial charge in [0, 0.05) is 20.0 Å². The minimum atomic E-state index is -4.16. The Labute approximate surface area is 260 Å². The molecule has 0 unspecified atom stereocenters. The lowest BCUT2D eigenvalue weighted by Crippen LogP contribution is -2.53. The van der Waals surface area contributed by atoms with Crippen LogP contribution in [0, 0.1) is 20.8 Å². The lowest BCUT2D eigenvalue weighted by Gasteiger charge is -2.33. The highest BCUT2D eigenvalue weighted by atomic mass is 32.2. The van der Waals surface area contributed by atoms with Crippen LogP contribution in [0.1, 0.15) is 27.8 Å². The van der Waals surface area contributed by atoms with Crippen LogP contribution in [-0.4, -0.2) is 51.9 Å². The molecule has 0 aliphatic carbocycles. The third kappa shape index (κ3) is 7.65. The van der Waals surface area contributed by atoms with E-state index in [1.54, 1.807) is 55.6 Å². The third-order valence-corrected chi connectivity index (χ3v) is 9.46. The molecule has 0 radical (unpaired) electrons. The van der Waals surface area contributed by atoms with Crippen molar-refractivity contribution in [3.05, 3.63) is 125 Å². The number of aryl methyl sites for hydroxylation is 3. The number of hydrogen-bond acceptors (Lipinski definition) is 5. The molecule has 9 heteroatoms. The van der Waals surface area contributed by atoms with E-state index in [0.717, 1.165) is 32.1 Å². The SMILES string of the molecule is CNC(=O)[C@@H](Cc1ccccc1)N(Cc1cccc(OC)c1)C(=O)CN(c1ccc(C)c(C)c1)S(=O)(=O)c1ccc(C)cc1. The molecule has 0 spiro atoms. The van der Waals surface area contributed by atoms with Crippen LogP contribution in [0.25, 0.3) is 0 Å². The highest BCUT2D eigenvalue weighted by molar-refractivity contribution is 7.92. The number of carbonyl (C=O) groups is 2. The molecule has 0 aromatic heterocycles. The van der Waals surface area contributed by atoms with Gasteiger partial charge in [0.25, 0.3) is 10.0 Å². The molecule has 1 atom stereocenters. The fourth-order valence-electron chi connectivity index (χ4n) is 4.94. The van der Waals surface area contributed by atoms with Gasteiger partial charge in [-0.1, -0.05) is 66.2 Å². The lowest BCUT2D eigenvalue weighted by atomic mass is 10.0. The Balaban J connectivity index is 1.81. The summed E-state index contributed by atoms with van der Waals surface area (Å²) in [6.45, 7) is 5.27. The Morgan fingerprint density at radius 2 is 1.50 bits per heavy atom.